The first-order valence-electron chi connectivity index (χ1n) is 7.58. The van der Waals surface area contributed by atoms with Gasteiger partial charge in [-0.1, -0.05) is 60.7 Å². The minimum Gasteiger partial charge on any atom is -0.237 e. The Kier molecular flexibility index (Phi) is 4.47. The third kappa shape index (κ3) is 3.71. The second kappa shape index (κ2) is 6.71. The molecule has 0 fully saturated rings. The number of rotatable bonds is 4. The summed E-state index contributed by atoms with van der Waals surface area (Å²) in [5, 5.41) is 0. The SMILES string of the molecule is CC(F)(F)c1ccc(N=C(c2ccccc2)c2ccccc2)nc1. The maximum atomic E-state index is 13.3. The number of alkyl halides is 2. The Morgan fingerprint density at radius 1 is 0.833 bits per heavy atom. The van der Waals surface area contributed by atoms with E-state index in [0.29, 0.717) is 5.82 Å². The Morgan fingerprint density at radius 2 is 1.38 bits per heavy atom. The number of aromatic nitrogens is 1. The van der Waals surface area contributed by atoms with Crippen LogP contribution in [0.15, 0.2) is 84.0 Å². The molecule has 3 aromatic rings. The van der Waals surface area contributed by atoms with E-state index in [2.05, 4.69) is 9.98 Å². The van der Waals surface area contributed by atoms with Crippen LogP contribution in [0, 0.1) is 0 Å². The predicted octanol–water partition coefficient (Wildman–Crippen LogP) is 5.36. The lowest BCUT2D eigenvalue weighted by Gasteiger charge is -2.10. The molecule has 2 nitrogen and oxygen atoms in total. The van der Waals surface area contributed by atoms with Gasteiger partial charge in [0.1, 0.15) is 0 Å². The second-order valence-electron chi connectivity index (χ2n) is 5.49. The van der Waals surface area contributed by atoms with Crippen molar-refractivity contribution in [1.29, 1.82) is 0 Å². The van der Waals surface area contributed by atoms with Crippen molar-refractivity contribution < 1.29 is 8.78 Å². The molecule has 1 aromatic heterocycles. The van der Waals surface area contributed by atoms with Crippen molar-refractivity contribution in [3.8, 4) is 0 Å². The van der Waals surface area contributed by atoms with E-state index in [-0.39, 0.29) is 5.56 Å². The summed E-state index contributed by atoms with van der Waals surface area (Å²) in [5.74, 6) is -2.51. The van der Waals surface area contributed by atoms with Gasteiger partial charge in [-0.3, -0.25) is 0 Å². The highest BCUT2D eigenvalue weighted by atomic mass is 19.3. The van der Waals surface area contributed by atoms with Crippen LogP contribution >= 0.6 is 0 Å². The summed E-state index contributed by atoms with van der Waals surface area (Å²) in [6.07, 6.45) is 1.17. The van der Waals surface area contributed by atoms with Crippen molar-refractivity contribution >= 4 is 11.5 Å². The van der Waals surface area contributed by atoms with Crippen molar-refractivity contribution in [1.82, 2.24) is 4.98 Å². The first-order valence-corrected chi connectivity index (χ1v) is 7.58. The molecular formula is C20H16F2N2. The monoisotopic (exact) mass is 322 g/mol. The van der Waals surface area contributed by atoms with Gasteiger partial charge in [-0.2, -0.15) is 0 Å². The number of halogens is 2. The normalized spacial score (nSPS) is 11.1. The van der Waals surface area contributed by atoms with E-state index >= 15 is 0 Å². The lowest BCUT2D eigenvalue weighted by atomic mass is 10.0. The summed E-state index contributed by atoms with van der Waals surface area (Å²) in [5.41, 5.74) is 2.51. The van der Waals surface area contributed by atoms with Crippen molar-refractivity contribution in [2.24, 2.45) is 4.99 Å². The van der Waals surface area contributed by atoms with Crippen LogP contribution in [0.25, 0.3) is 0 Å². The van der Waals surface area contributed by atoms with E-state index < -0.39 is 5.92 Å². The zero-order valence-corrected chi connectivity index (χ0v) is 13.2. The van der Waals surface area contributed by atoms with Crippen LogP contribution in [0.5, 0.6) is 0 Å². The summed E-state index contributed by atoms with van der Waals surface area (Å²) < 4.78 is 26.6. The molecule has 0 radical (unpaired) electrons. The van der Waals surface area contributed by atoms with Crippen LogP contribution in [-0.4, -0.2) is 10.7 Å². The van der Waals surface area contributed by atoms with E-state index in [1.54, 1.807) is 0 Å². The Morgan fingerprint density at radius 3 is 1.79 bits per heavy atom. The fraction of sp³-hybridized carbons (Fsp3) is 0.100. The molecule has 0 saturated carbocycles. The smallest absolute Gasteiger partial charge is 0.237 e. The molecular weight excluding hydrogens is 306 g/mol. The molecule has 0 atom stereocenters. The molecule has 0 saturated heterocycles. The maximum Gasteiger partial charge on any atom is 0.272 e. The van der Waals surface area contributed by atoms with Gasteiger partial charge in [0.15, 0.2) is 5.82 Å². The van der Waals surface area contributed by atoms with Crippen LogP contribution in [0.3, 0.4) is 0 Å². The molecule has 4 heteroatoms. The van der Waals surface area contributed by atoms with Gasteiger partial charge >= 0.3 is 0 Å². The zero-order valence-electron chi connectivity index (χ0n) is 13.2. The van der Waals surface area contributed by atoms with Gasteiger partial charge in [-0.25, -0.2) is 18.8 Å². The Hall–Kier alpha value is -2.88. The highest BCUT2D eigenvalue weighted by Gasteiger charge is 2.24. The molecule has 0 spiro atoms. The first kappa shape index (κ1) is 16.0. The average molecular weight is 322 g/mol. The summed E-state index contributed by atoms with van der Waals surface area (Å²) >= 11 is 0. The summed E-state index contributed by atoms with van der Waals surface area (Å²) in [7, 11) is 0. The van der Waals surface area contributed by atoms with E-state index in [0.717, 1.165) is 23.8 Å². The molecule has 0 aliphatic rings. The minimum atomic E-state index is -2.91. The molecule has 0 amide bonds. The Labute approximate surface area is 139 Å². The van der Waals surface area contributed by atoms with Gasteiger partial charge in [0.2, 0.25) is 0 Å². The van der Waals surface area contributed by atoms with Crippen molar-refractivity contribution in [2.75, 3.05) is 0 Å². The number of aliphatic imine (C=N–C) groups is 1. The fourth-order valence-electron chi connectivity index (χ4n) is 2.31. The highest BCUT2D eigenvalue weighted by molar-refractivity contribution is 6.13. The molecule has 1 heterocycles. The van der Waals surface area contributed by atoms with Crippen LogP contribution < -0.4 is 0 Å². The largest absolute Gasteiger partial charge is 0.272 e. The van der Waals surface area contributed by atoms with Crippen LogP contribution in [0.4, 0.5) is 14.6 Å². The number of benzene rings is 2. The van der Waals surface area contributed by atoms with Gasteiger partial charge in [0.05, 0.1) is 5.71 Å². The molecule has 0 N–H and O–H groups in total. The van der Waals surface area contributed by atoms with E-state index in [9.17, 15) is 8.78 Å². The van der Waals surface area contributed by atoms with Gasteiger partial charge < -0.3 is 0 Å². The van der Waals surface area contributed by atoms with Gasteiger partial charge in [-0.15, -0.1) is 0 Å². The summed E-state index contributed by atoms with van der Waals surface area (Å²) in [6, 6.07) is 22.3. The van der Waals surface area contributed by atoms with Gasteiger partial charge in [-0.05, 0) is 12.1 Å². The first-order chi connectivity index (χ1) is 11.5. The fourth-order valence-corrected chi connectivity index (χ4v) is 2.31. The highest BCUT2D eigenvalue weighted by Crippen LogP contribution is 2.27. The van der Waals surface area contributed by atoms with Crippen molar-refractivity contribution in [3.63, 3.8) is 0 Å². The lowest BCUT2D eigenvalue weighted by molar-refractivity contribution is 0.0171. The molecule has 3 rings (SSSR count). The van der Waals surface area contributed by atoms with Crippen molar-refractivity contribution in [3.05, 3.63) is 95.7 Å². The number of hydrogen-bond donors (Lipinski definition) is 0. The number of nitrogens with zero attached hydrogens (tertiary/aromatic N) is 2. The van der Waals surface area contributed by atoms with Crippen LogP contribution in [0.2, 0.25) is 0 Å². The molecule has 0 aliphatic carbocycles. The second-order valence-corrected chi connectivity index (χ2v) is 5.49. The number of hydrogen-bond acceptors (Lipinski definition) is 2. The quantitative estimate of drug-likeness (QED) is 0.593. The Balaban J connectivity index is 2.04. The predicted molar refractivity (Wildman–Crippen MR) is 92.0 cm³/mol. The molecule has 24 heavy (non-hydrogen) atoms. The average Bonchev–Trinajstić information content (AvgIpc) is 2.61. The third-order valence-corrected chi connectivity index (χ3v) is 3.58. The van der Waals surface area contributed by atoms with Gasteiger partial charge in [0.25, 0.3) is 5.92 Å². The molecule has 120 valence electrons. The molecule has 2 aromatic carbocycles. The van der Waals surface area contributed by atoms with E-state index in [1.165, 1.54) is 18.3 Å². The third-order valence-electron chi connectivity index (χ3n) is 3.58. The minimum absolute atomic E-state index is 0.123. The van der Waals surface area contributed by atoms with Gasteiger partial charge in [0, 0.05) is 29.8 Å². The Bertz CT molecular complexity index is 780. The lowest BCUT2D eigenvalue weighted by Crippen LogP contribution is -2.07. The standard InChI is InChI=1S/C20H16F2N2/c1-20(21,22)17-12-13-18(23-14-17)24-19(15-8-4-2-5-9-15)16-10-6-3-7-11-16/h2-14H,1H3. The van der Waals surface area contributed by atoms with E-state index in [1.807, 2.05) is 60.7 Å². The number of pyridine rings is 1. The van der Waals surface area contributed by atoms with Crippen molar-refractivity contribution in [2.45, 2.75) is 12.8 Å². The van der Waals surface area contributed by atoms with Crippen LogP contribution in [0.1, 0.15) is 23.6 Å². The maximum absolute atomic E-state index is 13.3. The molecule has 0 unspecified atom stereocenters. The van der Waals surface area contributed by atoms with E-state index in [4.69, 9.17) is 0 Å². The molecule has 0 bridgehead atoms. The van der Waals surface area contributed by atoms with Crippen LogP contribution in [-0.2, 0) is 5.92 Å². The molecule has 0 aliphatic heterocycles. The summed E-state index contributed by atoms with van der Waals surface area (Å²) in [4.78, 5) is 8.65. The summed E-state index contributed by atoms with van der Waals surface area (Å²) in [6.45, 7) is 0.853. The zero-order chi connectivity index (χ0) is 17.0. The topological polar surface area (TPSA) is 25.2 Å².